The molecule has 2 aliphatic rings. The first-order valence-corrected chi connectivity index (χ1v) is 16.0. The topological polar surface area (TPSA) is 119 Å². The second-order valence-electron chi connectivity index (χ2n) is 12.9. The van der Waals surface area contributed by atoms with Gasteiger partial charge in [0.15, 0.2) is 0 Å². The molecule has 5 rings (SSSR count). The third-order valence-corrected chi connectivity index (χ3v) is 9.42. The third kappa shape index (κ3) is 7.50. The molecule has 0 aromatic heterocycles. The van der Waals surface area contributed by atoms with Crippen LogP contribution in [0.25, 0.3) is 10.8 Å². The zero-order chi connectivity index (χ0) is 31.2. The molecule has 4 N–H and O–H groups in total. The molecule has 0 bridgehead atoms. The monoisotopic (exact) mass is 597 g/mol. The lowest BCUT2D eigenvalue weighted by atomic mass is 9.73. The van der Waals surface area contributed by atoms with Crippen LogP contribution in [0, 0.1) is 11.8 Å². The average molecular weight is 598 g/mol. The van der Waals surface area contributed by atoms with Gasteiger partial charge in [0.2, 0.25) is 11.8 Å². The van der Waals surface area contributed by atoms with Crippen LogP contribution in [0.2, 0.25) is 0 Å². The summed E-state index contributed by atoms with van der Waals surface area (Å²) < 4.78 is 0. The predicted octanol–water partition coefficient (Wildman–Crippen LogP) is 4.45. The summed E-state index contributed by atoms with van der Waals surface area (Å²) >= 11 is 0. The van der Waals surface area contributed by atoms with Gasteiger partial charge in [0.05, 0.1) is 5.94 Å². The summed E-state index contributed by atoms with van der Waals surface area (Å²) in [7, 11) is -1.73. The van der Waals surface area contributed by atoms with Crippen LogP contribution >= 0.6 is 0 Å². The van der Waals surface area contributed by atoms with Crippen LogP contribution in [0.3, 0.4) is 0 Å². The number of rotatable bonds is 10. The molecule has 1 saturated carbocycles. The number of carbonyl (C=O) groups excluding carboxylic acids is 3. The lowest BCUT2D eigenvalue weighted by molar-refractivity contribution is -0.140. The number of hydrogen-bond acceptors (Lipinski definition) is 5. The van der Waals surface area contributed by atoms with Crippen molar-refractivity contribution in [2.75, 3.05) is 6.54 Å². The van der Waals surface area contributed by atoms with Crippen LogP contribution in [0.15, 0.2) is 72.8 Å². The molecule has 3 aromatic rings. The van der Waals surface area contributed by atoms with Gasteiger partial charge in [-0.25, -0.2) is 0 Å². The molecule has 1 aliphatic heterocycles. The van der Waals surface area contributed by atoms with Gasteiger partial charge in [0.1, 0.15) is 12.1 Å². The van der Waals surface area contributed by atoms with Crippen molar-refractivity contribution < 1.29 is 24.4 Å². The number of carbonyl (C=O) groups is 3. The predicted molar refractivity (Wildman–Crippen MR) is 173 cm³/mol. The zero-order valence-electron chi connectivity index (χ0n) is 25.7. The van der Waals surface area contributed by atoms with Crippen LogP contribution in [-0.2, 0) is 9.59 Å². The summed E-state index contributed by atoms with van der Waals surface area (Å²) in [6.45, 7) is 3.94. The van der Waals surface area contributed by atoms with E-state index in [1.165, 1.54) is 6.42 Å². The van der Waals surface area contributed by atoms with E-state index >= 15 is 0 Å². The fraction of sp³-hybridized carbons (Fsp3) is 0.457. The highest BCUT2D eigenvalue weighted by Gasteiger charge is 2.44. The van der Waals surface area contributed by atoms with Gasteiger partial charge in [-0.05, 0) is 53.1 Å². The van der Waals surface area contributed by atoms with Crippen molar-refractivity contribution in [2.45, 2.75) is 82.7 Å². The number of nitrogens with one attached hydrogen (secondary N) is 2. The normalized spacial score (nSPS) is 20.3. The Morgan fingerprint density at radius 2 is 1.57 bits per heavy atom. The molecule has 3 amide bonds. The van der Waals surface area contributed by atoms with Gasteiger partial charge in [-0.1, -0.05) is 107 Å². The van der Waals surface area contributed by atoms with Crippen LogP contribution in [0.4, 0.5) is 0 Å². The number of hydrogen-bond donors (Lipinski definition) is 4. The van der Waals surface area contributed by atoms with Crippen molar-refractivity contribution in [1.82, 2.24) is 15.5 Å². The third-order valence-electron chi connectivity index (χ3n) is 9.42. The molecule has 0 spiro atoms. The van der Waals surface area contributed by atoms with Crippen molar-refractivity contribution in [2.24, 2.45) is 11.8 Å². The molecule has 8 nitrogen and oxygen atoms in total. The Morgan fingerprint density at radius 3 is 2.25 bits per heavy atom. The van der Waals surface area contributed by atoms with Crippen LogP contribution in [0.1, 0.15) is 80.6 Å². The Kier molecular flexibility index (Phi) is 10.4. The summed E-state index contributed by atoms with van der Waals surface area (Å²) in [5, 5.41) is 27.7. The van der Waals surface area contributed by atoms with E-state index in [2.05, 4.69) is 10.6 Å². The number of nitrogens with zero attached hydrogens (tertiary/aromatic N) is 1. The first-order chi connectivity index (χ1) is 21.2. The van der Waals surface area contributed by atoms with Crippen molar-refractivity contribution in [3.63, 3.8) is 0 Å². The molecule has 44 heavy (non-hydrogen) atoms. The van der Waals surface area contributed by atoms with Gasteiger partial charge in [-0.3, -0.25) is 14.4 Å². The van der Waals surface area contributed by atoms with E-state index in [0.717, 1.165) is 42.0 Å². The van der Waals surface area contributed by atoms with E-state index in [0.29, 0.717) is 30.9 Å². The number of fused-ring (bicyclic) bond motifs is 1. The SMILES string of the molecule is CC(C)[C@H](NC(=O)[C@@H]1C[C@H](c2ccccc2)CN1C(=O)[C@@H](CC1CCCCC1)NC(=O)c1ccc2ccccc2c1)B(O)O. The smallest absolute Gasteiger partial charge is 0.426 e. The molecule has 1 heterocycles. The Hall–Kier alpha value is -3.69. The van der Waals surface area contributed by atoms with Gasteiger partial charge in [-0.2, -0.15) is 0 Å². The van der Waals surface area contributed by atoms with E-state index in [1.54, 1.807) is 24.8 Å². The summed E-state index contributed by atoms with van der Waals surface area (Å²) in [5.41, 5.74) is 1.52. The molecule has 0 radical (unpaired) electrons. The van der Waals surface area contributed by atoms with E-state index < -0.39 is 31.1 Å². The Balaban J connectivity index is 1.42. The molecule has 1 saturated heterocycles. The van der Waals surface area contributed by atoms with Gasteiger partial charge in [-0.15, -0.1) is 0 Å². The van der Waals surface area contributed by atoms with Gasteiger partial charge in [0, 0.05) is 18.0 Å². The van der Waals surface area contributed by atoms with Crippen molar-refractivity contribution in [3.8, 4) is 0 Å². The summed E-state index contributed by atoms with van der Waals surface area (Å²) in [4.78, 5) is 43.5. The molecule has 9 heteroatoms. The largest absolute Gasteiger partial charge is 0.475 e. The van der Waals surface area contributed by atoms with Crippen molar-refractivity contribution in [3.05, 3.63) is 83.9 Å². The van der Waals surface area contributed by atoms with Crippen LogP contribution in [0.5, 0.6) is 0 Å². The quantitative estimate of drug-likeness (QED) is 0.258. The standard InChI is InChI=1S/C35H44BN3O5/c1-23(2)32(36(43)44)38-34(41)31-21-29(25-13-7-4-8-14-25)22-39(31)35(42)30(19-24-11-5-3-6-12-24)37-33(40)28-18-17-26-15-9-10-16-27(26)20-28/h4,7-10,13-18,20,23-24,29-32,43-44H,3,5-6,11-12,19,21-22H2,1-2H3,(H,37,40)(H,38,41)/t29-,30+,31-,32-/m0/s1. The summed E-state index contributed by atoms with van der Waals surface area (Å²) in [6, 6.07) is 21.6. The van der Waals surface area contributed by atoms with E-state index in [1.807, 2.05) is 66.7 Å². The minimum Gasteiger partial charge on any atom is -0.426 e. The second kappa shape index (κ2) is 14.4. The van der Waals surface area contributed by atoms with Crippen molar-refractivity contribution in [1.29, 1.82) is 0 Å². The number of likely N-dealkylation sites (tertiary alicyclic amines) is 1. The first-order valence-electron chi connectivity index (χ1n) is 16.0. The average Bonchev–Trinajstić information content (AvgIpc) is 3.49. The Labute approximate surface area is 260 Å². The minimum absolute atomic E-state index is 0.0704. The Morgan fingerprint density at radius 1 is 0.886 bits per heavy atom. The lowest BCUT2D eigenvalue weighted by Crippen LogP contribution is -2.57. The molecule has 4 atom stereocenters. The molecular weight excluding hydrogens is 553 g/mol. The summed E-state index contributed by atoms with van der Waals surface area (Å²) in [6.07, 6.45) is 6.34. The Bertz CT molecular complexity index is 1430. The highest BCUT2D eigenvalue weighted by atomic mass is 16.4. The van der Waals surface area contributed by atoms with Crippen molar-refractivity contribution >= 4 is 35.6 Å². The zero-order valence-corrected chi connectivity index (χ0v) is 25.7. The van der Waals surface area contributed by atoms with Gasteiger partial charge < -0.3 is 25.6 Å². The molecular formula is C35H44BN3O5. The summed E-state index contributed by atoms with van der Waals surface area (Å²) in [5.74, 6) is -1.86. The highest BCUT2D eigenvalue weighted by molar-refractivity contribution is 6.43. The molecule has 3 aromatic carbocycles. The molecule has 232 valence electrons. The number of amides is 3. The van der Waals surface area contributed by atoms with E-state index in [4.69, 9.17) is 0 Å². The van der Waals surface area contributed by atoms with Gasteiger partial charge >= 0.3 is 7.12 Å². The van der Waals surface area contributed by atoms with Crippen LogP contribution < -0.4 is 10.6 Å². The lowest BCUT2D eigenvalue weighted by Gasteiger charge is -2.32. The van der Waals surface area contributed by atoms with E-state index in [9.17, 15) is 24.4 Å². The molecule has 2 fully saturated rings. The first kappa shape index (κ1) is 31.7. The number of benzene rings is 3. The fourth-order valence-electron chi connectivity index (χ4n) is 6.89. The molecule has 0 unspecified atom stereocenters. The maximum atomic E-state index is 14.5. The minimum atomic E-state index is -1.73. The fourth-order valence-corrected chi connectivity index (χ4v) is 6.89. The maximum absolute atomic E-state index is 14.5. The molecule has 1 aliphatic carbocycles. The second-order valence-corrected chi connectivity index (χ2v) is 12.9. The van der Waals surface area contributed by atoms with Gasteiger partial charge in [0.25, 0.3) is 5.91 Å². The van der Waals surface area contributed by atoms with E-state index in [-0.39, 0.29) is 23.7 Å². The van der Waals surface area contributed by atoms with Crippen LogP contribution in [-0.4, -0.2) is 64.4 Å². The highest BCUT2D eigenvalue weighted by Crippen LogP contribution is 2.34. The maximum Gasteiger partial charge on any atom is 0.475 e.